The number of carbonyl (C=O) groups excluding carboxylic acids is 2. The third-order valence-electron chi connectivity index (χ3n) is 3.39. The lowest BCUT2D eigenvalue weighted by molar-refractivity contribution is -0.133. The number of aromatic nitrogens is 2. The van der Waals surface area contributed by atoms with Gasteiger partial charge in [0.1, 0.15) is 12.1 Å². The van der Waals surface area contributed by atoms with Crippen molar-refractivity contribution in [2.75, 3.05) is 13.1 Å². The van der Waals surface area contributed by atoms with Crippen molar-refractivity contribution >= 4 is 27.9 Å². The number of nitrogens with zero attached hydrogens (tertiary/aromatic N) is 3. The van der Waals surface area contributed by atoms with E-state index in [-0.39, 0.29) is 18.5 Å². The lowest BCUT2D eigenvalue weighted by Crippen LogP contribution is -2.51. The molecule has 0 aromatic carbocycles. The van der Waals surface area contributed by atoms with Crippen LogP contribution in [0.15, 0.2) is 16.9 Å². The van der Waals surface area contributed by atoms with Crippen LogP contribution < -0.4 is 5.32 Å². The summed E-state index contributed by atoms with van der Waals surface area (Å²) in [6, 6.07) is -0.0769. The molecule has 1 aromatic heterocycles. The summed E-state index contributed by atoms with van der Waals surface area (Å²) in [6.45, 7) is 6.88. The summed E-state index contributed by atoms with van der Waals surface area (Å²) in [5.74, 6) is -0.00344. The van der Waals surface area contributed by atoms with Crippen molar-refractivity contribution in [2.24, 2.45) is 0 Å². The molecule has 0 spiro atoms. The number of amides is 2. The lowest BCUT2D eigenvalue weighted by atomic mass is 10.1. The van der Waals surface area contributed by atoms with E-state index in [1.165, 1.54) is 0 Å². The van der Waals surface area contributed by atoms with E-state index in [1.54, 1.807) is 22.0 Å². The molecule has 1 atom stereocenters. The van der Waals surface area contributed by atoms with Crippen molar-refractivity contribution in [1.29, 1.82) is 0 Å². The van der Waals surface area contributed by atoms with Gasteiger partial charge in [-0.05, 0) is 49.5 Å². The number of likely N-dealkylation sites (tertiary alicyclic amines) is 1. The largest absolute Gasteiger partial charge is 0.444 e. The fourth-order valence-corrected chi connectivity index (χ4v) is 2.79. The van der Waals surface area contributed by atoms with E-state index in [0.717, 1.165) is 17.3 Å². The number of carbonyl (C=O) groups is 2. The normalized spacial score (nSPS) is 18.6. The second kappa shape index (κ2) is 7.33. The zero-order valence-electron chi connectivity index (χ0n) is 13.7. The first kappa shape index (κ1) is 17.8. The predicted octanol–water partition coefficient (Wildman–Crippen LogP) is 2.16. The molecule has 2 heterocycles. The fraction of sp³-hybridized carbons (Fsp3) is 0.667. The monoisotopic (exact) mass is 386 g/mol. The number of rotatable bonds is 3. The molecule has 1 saturated heterocycles. The number of piperidine rings is 1. The van der Waals surface area contributed by atoms with E-state index in [1.807, 2.05) is 20.8 Å². The molecule has 1 aromatic rings. The Labute approximate surface area is 144 Å². The number of nitrogens with one attached hydrogen (secondary N) is 1. The minimum atomic E-state index is -0.526. The standard InChI is InChI=1S/C15H23BrN4O3/c1-15(2,3)23-14(22)18-12-5-4-6-19(9-12)13(21)10-20-8-11(16)7-17-20/h7-8,12H,4-6,9-10H2,1-3H3,(H,18,22)/t12-/m1/s1. The van der Waals surface area contributed by atoms with Gasteiger partial charge in [-0.25, -0.2) is 4.79 Å². The lowest BCUT2D eigenvalue weighted by Gasteiger charge is -2.33. The maximum absolute atomic E-state index is 12.3. The highest BCUT2D eigenvalue weighted by Gasteiger charge is 2.26. The van der Waals surface area contributed by atoms with Gasteiger partial charge in [-0.15, -0.1) is 0 Å². The maximum atomic E-state index is 12.3. The Bertz CT molecular complexity index is 567. The highest BCUT2D eigenvalue weighted by Crippen LogP contribution is 2.13. The number of alkyl carbamates (subject to hydrolysis) is 1. The van der Waals surface area contributed by atoms with Crippen molar-refractivity contribution in [3.8, 4) is 0 Å². The average Bonchev–Trinajstić information content (AvgIpc) is 2.82. The molecule has 0 aliphatic carbocycles. The quantitative estimate of drug-likeness (QED) is 0.863. The molecular formula is C15H23BrN4O3. The molecule has 1 aliphatic heterocycles. The summed E-state index contributed by atoms with van der Waals surface area (Å²) in [5.41, 5.74) is -0.526. The molecule has 2 amide bonds. The molecule has 0 bridgehead atoms. The van der Waals surface area contributed by atoms with Crippen molar-refractivity contribution in [1.82, 2.24) is 20.0 Å². The van der Waals surface area contributed by atoms with Crippen LogP contribution >= 0.6 is 15.9 Å². The van der Waals surface area contributed by atoms with Gasteiger partial charge in [0.05, 0.1) is 10.7 Å². The van der Waals surface area contributed by atoms with Crippen LogP contribution in [-0.2, 0) is 16.1 Å². The number of halogens is 1. The number of hydrogen-bond donors (Lipinski definition) is 1. The first-order valence-electron chi connectivity index (χ1n) is 7.68. The highest BCUT2D eigenvalue weighted by atomic mass is 79.9. The van der Waals surface area contributed by atoms with E-state index in [0.29, 0.717) is 13.1 Å². The van der Waals surface area contributed by atoms with Gasteiger partial charge in [0.2, 0.25) is 5.91 Å². The molecule has 7 nitrogen and oxygen atoms in total. The van der Waals surface area contributed by atoms with Gasteiger partial charge in [-0.2, -0.15) is 5.10 Å². The van der Waals surface area contributed by atoms with Gasteiger partial charge >= 0.3 is 6.09 Å². The first-order valence-corrected chi connectivity index (χ1v) is 8.47. The highest BCUT2D eigenvalue weighted by molar-refractivity contribution is 9.10. The van der Waals surface area contributed by atoms with Crippen LogP contribution in [0.25, 0.3) is 0 Å². The topological polar surface area (TPSA) is 76.5 Å². The molecule has 23 heavy (non-hydrogen) atoms. The van der Waals surface area contributed by atoms with E-state index in [4.69, 9.17) is 4.74 Å². The molecule has 1 fully saturated rings. The first-order chi connectivity index (χ1) is 10.7. The van der Waals surface area contributed by atoms with Gasteiger partial charge in [0.25, 0.3) is 0 Å². The minimum Gasteiger partial charge on any atom is -0.444 e. The van der Waals surface area contributed by atoms with Crippen LogP contribution in [0, 0.1) is 0 Å². The van der Waals surface area contributed by atoms with Crippen LogP contribution in [-0.4, -0.2) is 51.4 Å². The summed E-state index contributed by atoms with van der Waals surface area (Å²) in [4.78, 5) is 25.9. The Balaban J connectivity index is 1.85. The average molecular weight is 387 g/mol. The zero-order valence-corrected chi connectivity index (χ0v) is 15.3. The molecule has 1 N–H and O–H groups in total. The molecule has 1 aliphatic rings. The Hall–Kier alpha value is -1.57. The summed E-state index contributed by atoms with van der Waals surface area (Å²) < 4.78 is 7.70. The van der Waals surface area contributed by atoms with Gasteiger partial charge < -0.3 is 15.0 Å². The van der Waals surface area contributed by atoms with E-state index in [9.17, 15) is 9.59 Å². The number of hydrogen-bond acceptors (Lipinski definition) is 4. The molecule has 128 valence electrons. The molecule has 0 saturated carbocycles. The minimum absolute atomic E-state index is 0.00344. The molecular weight excluding hydrogens is 364 g/mol. The third-order valence-corrected chi connectivity index (χ3v) is 3.80. The van der Waals surface area contributed by atoms with Crippen molar-refractivity contribution in [3.63, 3.8) is 0 Å². The van der Waals surface area contributed by atoms with Crippen LogP contribution in [0.1, 0.15) is 33.6 Å². The Kier molecular flexibility index (Phi) is 5.67. The van der Waals surface area contributed by atoms with Crippen LogP contribution in [0.3, 0.4) is 0 Å². The fourth-order valence-electron chi connectivity index (χ4n) is 2.46. The Morgan fingerprint density at radius 3 is 2.83 bits per heavy atom. The van der Waals surface area contributed by atoms with E-state index < -0.39 is 11.7 Å². The van der Waals surface area contributed by atoms with E-state index >= 15 is 0 Å². The smallest absolute Gasteiger partial charge is 0.407 e. The van der Waals surface area contributed by atoms with Gasteiger partial charge in [0, 0.05) is 25.3 Å². The van der Waals surface area contributed by atoms with Gasteiger partial charge in [-0.1, -0.05) is 0 Å². The third kappa shape index (κ3) is 5.85. The van der Waals surface area contributed by atoms with Crippen molar-refractivity contribution < 1.29 is 14.3 Å². The summed E-state index contributed by atoms with van der Waals surface area (Å²) in [6.07, 6.45) is 4.67. The van der Waals surface area contributed by atoms with Crippen LogP contribution in [0.2, 0.25) is 0 Å². The summed E-state index contributed by atoms with van der Waals surface area (Å²) >= 11 is 3.31. The predicted molar refractivity (Wildman–Crippen MR) is 88.9 cm³/mol. The Morgan fingerprint density at radius 1 is 1.48 bits per heavy atom. The van der Waals surface area contributed by atoms with Crippen molar-refractivity contribution in [2.45, 2.75) is 51.8 Å². The second-order valence-corrected chi connectivity index (χ2v) is 7.60. The van der Waals surface area contributed by atoms with Crippen LogP contribution in [0.5, 0.6) is 0 Å². The molecule has 8 heteroatoms. The van der Waals surface area contributed by atoms with Crippen molar-refractivity contribution in [3.05, 3.63) is 16.9 Å². The summed E-state index contributed by atoms with van der Waals surface area (Å²) in [5, 5.41) is 6.93. The Morgan fingerprint density at radius 2 is 2.22 bits per heavy atom. The van der Waals surface area contributed by atoms with E-state index in [2.05, 4.69) is 26.3 Å². The second-order valence-electron chi connectivity index (χ2n) is 6.68. The van der Waals surface area contributed by atoms with Gasteiger partial charge in [-0.3, -0.25) is 9.48 Å². The zero-order chi connectivity index (χ0) is 17.0. The SMILES string of the molecule is CC(C)(C)OC(=O)N[C@@H]1CCCN(C(=O)Cn2cc(Br)cn2)C1. The summed E-state index contributed by atoms with van der Waals surface area (Å²) in [7, 11) is 0. The number of ether oxygens (including phenoxy) is 1. The molecule has 2 rings (SSSR count). The maximum Gasteiger partial charge on any atom is 0.407 e. The van der Waals surface area contributed by atoms with Crippen LogP contribution in [0.4, 0.5) is 4.79 Å². The van der Waals surface area contributed by atoms with Gasteiger partial charge in [0.15, 0.2) is 0 Å². The molecule has 0 radical (unpaired) electrons. The molecule has 0 unspecified atom stereocenters.